The Bertz CT molecular complexity index is 321. The average Bonchev–Trinajstić information content (AvgIpc) is 2.13. The van der Waals surface area contributed by atoms with Gasteiger partial charge in [0.05, 0.1) is 10.7 Å². The van der Waals surface area contributed by atoms with Crippen molar-refractivity contribution in [2.45, 2.75) is 20.3 Å². The number of hydrogen-bond donors (Lipinski definition) is 1. The lowest BCUT2D eigenvalue weighted by molar-refractivity contribution is 0.568. The van der Waals surface area contributed by atoms with Crippen molar-refractivity contribution in [1.82, 2.24) is 0 Å². The molecule has 1 aromatic carbocycles. The molecule has 0 radical (unpaired) electrons. The SMILES string of the molecule is CCc1c(N)c(F)c(C)c(F)c1Cl. The number of rotatable bonds is 1. The van der Waals surface area contributed by atoms with Crippen molar-refractivity contribution in [2.75, 3.05) is 5.73 Å². The van der Waals surface area contributed by atoms with Crippen LogP contribution in [0.1, 0.15) is 18.1 Å². The lowest BCUT2D eigenvalue weighted by atomic mass is 10.1. The van der Waals surface area contributed by atoms with E-state index >= 15 is 0 Å². The molecular weight excluding hydrogens is 196 g/mol. The highest BCUT2D eigenvalue weighted by Crippen LogP contribution is 2.31. The summed E-state index contributed by atoms with van der Waals surface area (Å²) in [5.74, 6) is -1.43. The first-order valence-electron chi connectivity index (χ1n) is 3.92. The summed E-state index contributed by atoms with van der Waals surface area (Å²) in [4.78, 5) is 0. The summed E-state index contributed by atoms with van der Waals surface area (Å²) in [5.41, 5.74) is 5.60. The van der Waals surface area contributed by atoms with Crippen LogP contribution in [0.15, 0.2) is 0 Å². The van der Waals surface area contributed by atoms with Crippen LogP contribution in [0, 0.1) is 18.6 Å². The van der Waals surface area contributed by atoms with E-state index in [0.717, 1.165) is 0 Å². The number of nitrogen functional groups attached to an aromatic ring is 1. The lowest BCUT2D eigenvalue weighted by Crippen LogP contribution is -2.03. The maximum Gasteiger partial charge on any atom is 0.152 e. The molecule has 1 aromatic rings. The Labute approximate surface area is 80.5 Å². The van der Waals surface area contributed by atoms with Gasteiger partial charge >= 0.3 is 0 Å². The Hall–Kier alpha value is -0.830. The van der Waals surface area contributed by atoms with Crippen LogP contribution in [-0.2, 0) is 6.42 Å². The van der Waals surface area contributed by atoms with Crippen LogP contribution in [0.4, 0.5) is 14.5 Å². The molecule has 4 heteroatoms. The van der Waals surface area contributed by atoms with Gasteiger partial charge in [0, 0.05) is 5.56 Å². The van der Waals surface area contributed by atoms with E-state index in [1.54, 1.807) is 6.92 Å². The Morgan fingerprint density at radius 2 is 1.85 bits per heavy atom. The maximum absolute atomic E-state index is 13.2. The molecule has 0 saturated heterocycles. The van der Waals surface area contributed by atoms with Gasteiger partial charge in [-0.2, -0.15) is 0 Å². The molecule has 0 saturated carbocycles. The van der Waals surface area contributed by atoms with Gasteiger partial charge in [-0.05, 0) is 18.9 Å². The van der Waals surface area contributed by atoms with Crippen LogP contribution in [0.2, 0.25) is 5.02 Å². The number of hydrogen-bond acceptors (Lipinski definition) is 1. The molecule has 0 atom stereocenters. The van der Waals surface area contributed by atoms with Gasteiger partial charge in [-0.25, -0.2) is 8.78 Å². The number of nitrogens with two attached hydrogens (primary N) is 1. The molecule has 0 aliphatic heterocycles. The minimum atomic E-state index is -0.717. The summed E-state index contributed by atoms with van der Waals surface area (Å²) in [5, 5.41) is -0.0705. The molecule has 0 aliphatic carbocycles. The van der Waals surface area contributed by atoms with E-state index in [-0.39, 0.29) is 16.3 Å². The molecule has 0 fully saturated rings. The summed E-state index contributed by atoms with van der Waals surface area (Å²) in [7, 11) is 0. The molecular formula is C9H10ClF2N. The molecule has 72 valence electrons. The molecule has 0 heterocycles. The first-order valence-corrected chi connectivity index (χ1v) is 4.29. The number of halogens is 3. The first-order chi connectivity index (χ1) is 6.00. The summed E-state index contributed by atoms with van der Waals surface area (Å²) in [6.45, 7) is 3.05. The Morgan fingerprint density at radius 1 is 1.31 bits per heavy atom. The third kappa shape index (κ3) is 1.48. The highest BCUT2D eigenvalue weighted by Gasteiger charge is 2.17. The van der Waals surface area contributed by atoms with Crippen LogP contribution in [0.3, 0.4) is 0 Å². The van der Waals surface area contributed by atoms with Crippen molar-refractivity contribution >= 4 is 17.3 Å². The molecule has 1 nitrogen and oxygen atoms in total. The third-order valence-electron chi connectivity index (χ3n) is 2.03. The molecule has 0 unspecified atom stereocenters. The van der Waals surface area contributed by atoms with Crippen molar-refractivity contribution in [3.05, 3.63) is 27.8 Å². The quantitative estimate of drug-likeness (QED) is 0.554. The van der Waals surface area contributed by atoms with Gasteiger partial charge in [0.2, 0.25) is 0 Å². The molecule has 0 amide bonds. The topological polar surface area (TPSA) is 26.0 Å². The maximum atomic E-state index is 13.2. The fourth-order valence-electron chi connectivity index (χ4n) is 1.19. The van der Waals surface area contributed by atoms with Crippen molar-refractivity contribution in [1.29, 1.82) is 0 Å². The molecule has 0 spiro atoms. The fraction of sp³-hybridized carbons (Fsp3) is 0.333. The average molecular weight is 206 g/mol. The highest BCUT2D eigenvalue weighted by atomic mass is 35.5. The van der Waals surface area contributed by atoms with Crippen molar-refractivity contribution in [3.63, 3.8) is 0 Å². The van der Waals surface area contributed by atoms with Gasteiger partial charge in [0.25, 0.3) is 0 Å². The van der Waals surface area contributed by atoms with E-state index in [9.17, 15) is 8.78 Å². The van der Waals surface area contributed by atoms with Crippen LogP contribution in [0.5, 0.6) is 0 Å². The predicted octanol–water partition coefficient (Wildman–Crippen LogP) is 3.07. The zero-order valence-electron chi connectivity index (χ0n) is 7.42. The van der Waals surface area contributed by atoms with Gasteiger partial charge < -0.3 is 5.73 Å². The monoisotopic (exact) mass is 205 g/mol. The van der Waals surface area contributed by atoms with E-state index < -0.39 is 11.6 Å². The largest absolute Gasteiger partial charge is 0.396 e. The molecule has 0 bridgehead atoms. The Kier molecular flexibility index (Phi) is 2.76. The highest BCUT2D eigenvalue weighted by molar-refractivity contribution is 6.32. The van der Waals surface area contributed by atoms with Gasteiger partial charge in [-0.3, -0.25) is 0 Å². The van der Waals surface area contributed by atoms with E-state index in [1.807, 2.05) is 0 Å². The minimum Gasteiger partial charge on any atom is -0.396 e. The second kappa shape index (κ2) is 3.50. The lowest BCUT2D eigenvalue weighted by Gasteiger charge is -2.10. The Morgan fingerprint density at radius 3 is 2.31 bits per heavy atom. The van der Waals surface area contributed by atoms with Crippen molar-refractivity contribution in [3.8, 4) is 0 Å². The normalized spacial score (nSPS) is 10.5. The van der Waals surface area contributed by atoms with E-state index in [1.165, 1.54) is 6.92 Å². The van der Waals surface area contributed by atoms with Crippen molar-refractivity contribution in [2.24, 2.45) is 0 Å². The van der Waals surface area contributed by atoms with Crippen LogP contribution >= 0.6 is 11.6 Å². The fourth-order valence-corrected chi connectivity index (χ4v) is 1.57. The molecule has 0 aliphatic rings. The van der Waals surface area contributed by atoms with Crippen LogP contribution < -0.4 is 5.73 Å². The Balaban J connectivity index is 3.56. The molecule has 13 heavy (non-hydrogen) atoms. The zero-order valence-corrected chi connectivity index (χ0v) is 8.17. The third-order valence-corrected chi connectivity index (χ3v) is 2.43. The minimum absolute atomic E-state index is 0.0496. The smallest absolute Gasteiger partial charge is 0.152 e. The first kappa shape index (κ1) is 10.3. The predicted molar refractivity (Wildman–Crippen MR) is 49.9 cm³/mol. The molecule has 1 rings (SSSR count). The van der Waals surface area contributed by atoms with Crippen molar-refractivity contribution < 1.29 is 8.78 Å². The zero-order chi connectivity index (χ0) is 10.2. The number of anilines is 1. The standard InChI is InChI=1S/C9H10ClF2N/c1-3-5-6(10)7(11)4(2)8(12)9(5)13/h3,13H2,1-2H3. The summed E-state index contributed by atoms with van der Waals surface area (Å²) in [6, 6.07) is 0. The van der Waals surface area contributed by atoms with E-state index in [0.29, 0.717) is 12.0 Å². The van der Waals surface area contributed by atoms with Gasteiger partial charge in [-0.15, -0.1) is 0 Å². The van der Waals surface area contributed by atoms with Crippen LogP contribution in [0.25, 0.3) is 0 Å². The van der Waals surface area contributed by atoms with Gasteiger partial charge in [-0.1, -0.05) is 18.5 Å². The van der Waals surface area contributed by atoms with Gasteiger partial charge in [0.1, 0.15) is 5.82 Å². The second-order valence-electron chi connectivity index (χ2n) is 2.81. The van der Waals surface area contributed by atoms with Gasteiger partial charge in [0.15, 0.2) is 5.82 Å². The summed E-state index contributed by atoms with van der Waals surface area (Å²) in [6.07, 6.45) is 0.415. The van der Waals surface area contributed by atoms with E-state index in [4.69, 9.17) is 17.3 Å². The summed E-state index contributed by atoms with van der Waals surface area (Å²) >= 11 is 5.65. The molecule has 0 aromatic heterocycles. The van der Waals surface area contributed by atoms with E-state index in [2.05, 4.69) is 0 Å². The second-order valence-corrected chi connectivity index (χ2v) is 3.19. The summed E-state index contributed by atoms with van der Waals surface area (Å²) < 4.78 is 26.4. The molecule has 2 N–H and O–H groups in total. The number of benzene rings is 1. The van der Waals surface area contributed by atoms with Crippen LogP contribution in [-0.4, -0.2) is 0 Å².